The van der Waals surface area contributed by atoms with Crippen LogP contribution in [0, 0.1) is 10.8 Å². The highest BCUT2D eigenvalue weighted by atomic mass is 28.4. The fourth-order valence-corrected chi connectivity index (χ4v) is 22.2. The fourth-order valence-electron chi connectivity index (χ4n) is 8.23. The second-order valence-electron chi connectivity index (χ2n) is 16.2. The van der Waals surface area contributed by atoms with E-state index in [1.165, 1.54) is 20.7 Å². The maximum absolute atomic E-state index is 8.67. The normalized spacial score (nSPS) is 13.6. The molecule has 0 aliphatic carbocycles. The summed E-state index contributed by atoms with van der Waals surface area (Å²) in [5.41, 5.74) is 0.249. The van der Waals surface area contributed by atoms with E-state index in [1.54, 1.807) is 0 Å². The highest BCUT2D eigenvalue weighted by Crippen LogP contribution is 2.52. The van der Waals surface area contributed by atoms with E-state index in [0.29, 0.717) is 0 Å². The van der Waals surface area contributed by atoms with Gasteiger partial charge in [0.15, 0.2) is 0 Å². The van der Waals surface area contributed by atoms with E-state index in [9.17, 15) is 0 Å². The molecule has 0 fully saturated rings. The van der Waals surface area contributed by atoms with E-state index >= 15 is 0 Å². The summed E-state index contributed by atoms with van der Waals surface area (Å²) in [5, 5.41) is 5.15. The summed E-state index contributed by atoms with van der Waals surface area (Å²) >= 11 is 0. The molecule has 0 spiro atoms. The van der Waals surface area contributed by atoms with Gasteiger partial charge >= 0.3 is 0 Å². The number of hydrogen-bond acceptors (Lipinski definition) is 1. The van der Waals surface area contributed by atoms with Crippen LogP contribution in [0.1, 0.15) is 82.1 Å². The standard InChI is InChI=1S/C40H54OSi2/c1-37(2,3)31-39(7,8)42(33-23-15-11-16-24-33,34-25-17-12-18-26-34)41-43(35-27-19-13-20-28-35,36-29-21-14-22-30-36)40(9,10)32-38(4,5)6/h11-30H,31-32H2,1-10H3. The lowest BCUT2D eigenvalue weighted by molar-refractivity contribution is 0.293. The predicted octanol–water partition coefficient (Wildman–Crippen LogP) is 8.96. The van der Waals surface area contributed by atoms with Crippen molar-refractivity contribution in [2.75, 3.05) is 0 Å². The quantitative estimate of drug-likeness (QED) is 0.164. The summed E-state index contributed by atoms with van der Waals surface area (Å²) in [5.74, 6) is 0. The Balaban J connectivity index is 2.22. The SMILES string of the molecule is CC(C)(C)CC(C)(C)[Si](O[Si](c1ccccc1)(c1ccccc1)C(C)(C)CC(C)(C)C)(c1ccccc1)c1ccccc1. The van der Waals surface area contributed by atoms with Crippen molar-refractivity contribution in [2.45, 2.75) is 92.2 Å². The monoisotopic (exact) mass is 606 g/mol. The van der Waals surface area contributed by atoms with E-state index in [0.717, 1.165) is 12.8 Å². The van der Waals surface area contributed by atoms with Gasteiger partial charge < -0.3 is 4.12 Å². The third-order valence-corrected chi connectivity index (χ3v) is 20.1. The van der Waals surface area contributed by atoms with E-state index in [-0.39, 0.29) is 20.9 Å². The molecule has 0 aromatic heterocycles. The van der Waals surface area contributed by atoms with Gasteiger partial charge in [0.1, 0.15) is 0 Å². The first-order chi connectivity index (χ1) is 20.0. The molecule has 0 bridgehead atoms. The number of hydrogen-bond donors (Lipinski definition) is 0. The van der Waals surface area contributed by atoms with Crippen LogP contribution in [0.5, 0.6) is 0 Å². The van der Waals surface area contributed by atoms with Crippen LogP contribution in [-0.4, -0.2) is 16.6 Å². The van der Waals surface area contributed by atoms with Crippen molar-refractivity contribution in [1.29, 1.82) is 0 Å². The molecule has 0 N–H and O–H groups in total. The summed E-state index contributed by atoms with van der Waals surface area (Å²) in [6.45, 7) is 24.3. The molecule has 228 valence electrons. The summed E-state index contributed by atoms with van der Waals surface area (Å²) in [6.07, 6.45) is 2.09. The molecular formula is C40H54OSi2. The van der Waals surface area contributed by atoms with Gasteiger partial charge in [-0.2, -0.15) is 0 Å². The minimum absolute atomic E-state index is 0.124. The molecule has 0 saturated heterocycles. The van der Waals surface area contributed by atoms with Crippen LogP contribution >= 0.6 is 0 Å². The van der Waals surface area contributed by atoms with E-state index in [1.807, 2.05) is 0 Å². The minimum atomic E-state index is -3.01. The highest BCUT2D eigenvalue weighted by Gasteiger charge is 2.63. The topological polar surface area (TPSA) is 9.23 Å². The van der Waals surface area contributed by atoms with Crippen molar-refractivity contribution in [1.82, 2.24) is 0 Å². The Hall–Kier alpha value is -2.73. The van der Waals surface area contributed by atoms with Gasteiger partial charge in [-0.3, -0.25) is 0 Å². The van der Waals surface area contributed by atoms with Gasteiger partial charge in [-0.1, -0.05) is 191 Å². The van der Waals surface area contributed by atoms with Crippen LogP contribution in [0.4, 0.5) is 0 Å². The van der Waals surface area contributed by atoms with Crippen LogP contribution in [0.3, 0.4) is 0 Å². The third kappa shape index (κ3) is 6.85. The van der Waals surface area contributed by atoms with Crippen molar-refractivity contribution < 1.29 is 4.12 Å². The molecule has 4 aromatic rings. The zero-order valence-electron chi connectivity index (χ0n) is 28.4. The Morgan fingerprint density at radius 2 is 0.581 bits per heavy atom. The van der Waals surface area contributed by atoms with Gasteiger partial charge in [0.25, 0.3) is 16.6 Å². The molecule has 0 saturated carbocycles. The zero-order chi connectivity index (χ0) is 31.6. The molecule has 0 aliphatic rings. The molecule has 0 aliphatic heterocycles. The first-order valence-corrected chi connectivity index (χ1v) is 19.8. The van der Waals surface area contributed by atoms with Crippen LogP contribution in [0.15, 0.2) is 121 Å². The maximum atomic E-state index is 8.67. The number of benzene rings is 4. The van der Waals surface area contributed by atoms with Crippen LogP contribution in [-0.2, 0) is 4.12 Å². The average Bonchev–Trinajstić information content (AvgIpc) is 2.93. The Morgan fingerprint density at radius 1 is 0.372 bits per heavy atom. The lowest BCUT2D eigenvalue weighted by Gasteiger charge is -2.56. The van der Waals surface area contributed by atoms with Crippen molar-refractivity contribution in [3.05, 3.63) is 121 Å². The summed E-state index contributed by atoms with van der Waals surface area (Å²) in [4.78, 5) is 0. The molecule has 1 nitrogen and oxygen atoms in total. The van der Waals surface area contributed by atoms with Gasteiger partial charge in [0.2, 0.25) is 0 Å². The van der Waals surface area contributed by atoms with E-state index in [4.69, 9.17) is 4.12 Å². The molecule has 0 amide bonds. The van der Waals surface area contributed by atoms with E-state index < -0.39 is 16.6 Å². The molecule has 0 unspecified atom stereocenters. The molecular weight excluding hydrogens is 553 g/mol. The van der Waals surface area contributed by atoms with E-state index in [2.05, 4.69) is 191 Å². The fraction of sp³-hybridized carbons (Fsp3) is 0.400. The lowest BCUT2D eigenvalue weighted by atomic mass is 9.85. The smallest absolute Gasteiger partial charge is 0.251 e. The van der Waals surface area contributed by atoms with Gasteiger partial charge in [0.05, 0.1) is 0 Å². The van der Waals surface area contributed by atoms with Gasteiger partial charge in [0, 0.05) is 0 Å². The van der Waals surface area contributed by atoms with Gasteiger partial charge in [-0.15, -0.1) is 0 Å². The Bertz CT molecular complexity index is 1240. The Labute approximate surface area is 265 Å². The number of rotatable bonds is 10. The second kappa shape index (κ2) is 12.3. The molecule has 43 heavy (non-hydrogen) atoms. The lowest BCUT2D eigenvalue weighted by Crippen LogP contribution is -2.79. The molecule has 3 heteroatoms. The summed E-state index contributed by atoms with van der Waals surface area (Å²) in [6, 6.07) is 45.1. The largest absolute Gasteiger partial charge is 0.441 e. The Kier molecular flexibility index (Phi) is 9.52. The van der Waals surface area contributed by atoms with Gasteiger partial charge in [-0.05, 0) is 54.5 Å². The van der Waals surface area contributed by atoms with Crippen LogP contribution < -0.4 is 20.7 Å². The first-order valence-electron chi connectivity index (χ1n) is 16.0. The third-order valence-electron chi connectivity index (χ3n) is 8.88. The molecule has 0 radical (unpaired) electrons. The van der Waals surface area contributed by atoms with Crippen molar-refractivity contribution in [3.63, 3.8) is 0 Å². The average molecular weight is 607 g/mol. The molecule has 4 rings (SSSR count). The Morgan fingerprint density at radius 3 is 0.767 bits per heavy atom. The zero-order valence-corrected chi connectivity index (χ0v) is 30.4. The highest BCUT2D eigenvalue weighted by molar-refractivity contribution is 7.11. The predicted molar refractivity (Wildman–Crippen MR) is 193 cm³/mol. The molecule has 0 heterocycles. The van der Waals surface area contributed by atoms with Crippen molar-refractivity contribution in [2.24, 2.45) is 10.8 Å². The second-order valence-corrected chi connectivity index (χ2v) is 24.7. The minimum Gasteiger partial charge on any atom is -0.441 e. The maximum Gasteiger partial charge on any atom is 0.251 e. The molecule has 0 atom stereocenters. The first kappa shape index (κ1) is 33.2. The summed E-state index contributed by atoms with van der Waals surface area (Å²) < 4.78 is 8.67. The molecule has 4 aromatic carbocycles. The van der Waals surface area contributed by atoms with Crippen LogP contribution in [0.25, 0.3) is 0 Å². The summed E-state index contributed by atoms with van der Waals surface area (Å²) in [7, 11) is -6.02. The van der Waals surface area contributed by atoms with Gasteiger partial charge in [-0.25, -0.2) is 0 Å². The van der Waals surface area contributed by atoms with Crippen molar-refractivity contribution in [3.8, 4) is 0 Å². The van der Waals surface area contributed by atoms with Crippen molar-refractivity contribution >= 4 is 37.4 Å². The van der Waals surface area contributed by atoms with Crippen LogP contribution in [0.2, 0.25) is 10.1 Å².